The molecule has 0 amide bonds. The van der Waals surface area contributed by atoms with Gasteiger partial charge in [-0.25, -0.2) is 0 Å². The van der Waals surface area contributed by atoms with Crippen LogP contribution >= 0.6 is 0 Å². The van der Waals surface area contributed by atoms with Crippen molar-refractivity contribution in [2.75, 3.05) is 9.80 Å². The van der Waals surface area contributed by atoms with Crippen LogP contribution in [0, 0.1) is 6.92 Å². The first-order valence-corrected chi connectivity index (χ1v) is 26.6. The van der Waals surface area contributed by atoms with E-state index >= 15 is 0 Å². The largest absolute Gasteiger partial charge is 0.309 e. The minimum Gasteiger partial charge on any atom is -0.309 e. The van der Waals surface area contributed by atoms with Gasteiger partial charge in [0.2, 0.25) is 0 Å². The summed E-state index contributed by atoms with van der Waals surface area (Å²) in [6.45, 7) is 2.15. The van der Waals surface area contributed by atoms with Gasteiger partial charge >= 0.3 is 0 Å². The van der Waals surface area contributed by atoms with Crippen molar-refractivity contribution in [2.24, 2.45) is 0 Å². The summed E-state index contributed by atoms with van der Waals surface area (Å²) in [5.74, 6) is 0. The highest BCUT2D eigenvalue weighted by Gasteiger charge is 2.27. The maximum atomic E-state index is 2.52. The second-order valence-electron chi connectivity index (χ2n) is 20.1. The third-order valence-corrected chi connectivity index (χ3v) is 15.4. The second-order valence-corrected chi connectivity index (χ2v) is 20.1. The lowest BCUT2D eigenvalue weighted by atomic mass is 9.85. The summed E-state index contributed by atoms with van der Waals surface area (Å²) in [6, 6.07) is 105. The molecule has 0 atom stereocenters. The van der Waals surface area contributed by atoms with Crippen LogP contribution < -0.4 is 9.80 Å². The third kappa shape index (κ3) is 8.25. The van der Waals surface area contributed by atoms with E-state index in [9.17, 15) is 0 Å². The van der Waals surface area contributed by atoms with Crippen LogP contribution in [0.3, 0.4) is 0 Å². The molecule has 0 fully saturated rings. The Hall–Kier alpha value is -10.0. The Labute approximate surface area is 449 Å². The molecule has 362 valence electrons. The molecule has 0 aliphatic carbocycles. The van der Waals surface area contributed by atoms with Crippen molar-refractivity contribution in [3.63, 3.8) is 0 Å². The highest BCUT2D eigenvalue weighted by Crippen LogP contribution is 2.53. The quantitative estimate of drug-likeness (QED) is 0.0765. The molecule has 0 spiro atoms. The lowest BCUT2D eigenvalue weighted by Gasteiger charge is -2.33. The van der Waals surface area contributed by atoms with Gasteiger partial charge in [0.05, 0.1) is 11.4 Å². The average Bonchev–Trinajstić information content (AvgIpc) is 3.56. The molecule has 0 radical (unpaired) electrons. The van der Waals surface area contributed by atoms with Crippen molar-refractivity contribution in [2.45, 2.75) is 6.92 Å². The Bertz CT molecular complexity index is 4500. The minimum atomic E-state index is 1.06. The number of para-hydroxylation sites is 1. The summed E-state index contributed by atoms with van der Waals surface area (Å²) in [5.41, 5.74) is 14.9. The molecule has 0 aromatic heterocycles. The number of rotatable bonds is 10. The Morgan fingerprint density at radius 1 is 0.247 bits per heavy atom. The summed E-state index contributed by atoms with van der Waals surface area (Å²) in [6.07, 6.45) is 4.39. The maximum Gasteiger partial charge on any atom is 0.0619 e. The van der Waals surface area contributed by atoms with Crippen molar-refractivity contribution in [3.05, 3.63) is 302 Å². The van der Waals surface area contributed by atoms with E-state index in [1.807, 2.05) is 0 Å². The number of hydrogen-bond acceptors (Lipinski definition) is 2. The van der Waals surface area contributed by atoms with E-state index in [0.29, 0.717) is 0 Å². The molecular formula is C75H52N2. The van der Waals surface area contributed by atoms with E-state index < -0.39 is 0 Å². The zero-order valence-corrected chi connectivity index (χ0v) is 42.7. The maximum absolute atomic E-state index is 2.52. The van der Waals surface area contributed by atoms with Crippen molar-refractivity contribution in [1.82, 2.24) is 0 Å². The zero-order chi connectivity index (χ0) is 51.2. The highest BCUT2D eigenvalue weighted by molar-refractivity contribution is 6.25. The molecule has 14 rings (SSSR count). The van der Waals surface area contributed by atoms with E-state index in [4.69, 9.17) is 0 Å². The molecule has 14 aromatic rings. The molecule has 14 aromatic carbocycles. The minimum absolute atomic E-state index is 1.06. The number of nitrogens with zero attached hydrogens (tertiary/aromatic N) is 2. The van der Waals surface area contributed by atoms with Crippen molar-refractivity contribution >= 4 is 111 Å². The van der Waals surface area contributed by atoms with Gasteiger partial charge in [-0.1, -0.05) is 242 Å². The van der Waals surface area contributed by atoms with Gasteiger partial charge in [-0.05, 0) is 144 Å². The molecule has 0 saturated heterocycles. The predicted molar refractivity (Wildman–Crippen MR) is 332 cm³/mol. The van der Waals surface area contributed by atoms with Crippen LogP contribution in [-0.4, -0.2) is 0 Å². The summed E-state index contributed by atoms with van der Waals surface area (Å²) in [7, 11) is 0. The summed E-state index contributed by atoms with van der Waals surface area (Å²) >= 11 is 0. The van der Waals surface area contributed by atoms with Crippen molar-refractivity contribution < 1.29 is 0 Å². The van der Waals surface area contributed by atoms with Crippen LogP contribution in [0.1, 0.15) is 16.7 Å². The Morgan fingerprint density at radius 2 is 0.610 bits per heavy atom. The number of anilines is 6. The predicted octanol–water partition coefficient (Wildman–Crippen LogP) is 21.4. The standard InChI is InChI=1S/C75H52N2/c1-51-32-42-61(43-33-51)76(60-24-6-3-7-25-60)74-67-28-14-16-30-69(67)75(70-31-17-15-29-68(70)74)77(62-44-36-53(37-45-62)35-34-52-18-4-2-5-19-52)63-46-47-66-71(50-63)73(59-41-39-55-21-9-11-23-57(55)49-59)65-27-13-12-26-64(65)72(66)58-40-38-54-20-8-10-22-56(54)48-58/h2-50H,1H3/b35-34+. The fourth-order valence-corrected chi connectivity index (χ4v) is 11.8. The fourth-order valence-electron chi connectivity index (χ4n) is 11.8. The molecule has 0 aliphatic rings. The molecular weight excluding hydrogens is 929 g/mol. The summed E-state index contributed by atoms with van der Waals surface area (Å²) < 4.78 is 0. The van der Waals surface area contributed by atoms with Crippen LogP contribution in [0.2, 0.25) is 0 Å². The number of aryl methyl sites for hydroxylation is 1. The SMILES string of the molecule is Cc1ccc(N(c2ccccc2)c2c3ccccc3c(N(c3ccc(/C=C/c4ccccc4)cc3)c3ccc4c(-c5ccc6ccccc6c5)c5ccccc5c(-c5ccc6ccccc6c5)c4c3)c3ccccc23)cc1. The average molecular weight is 981 g/mol. The third-order valence-electron chi connectivity index (χ3n) is 15.4. The van der Waals surface area contributed by atoms with Gasteiger partial charge in [0, 0.05) is 44.3 Å². The lowest BCUT2D eigenvalue weighted by Crippen LogP contribution is -2.14. The highest BCUT2D eigenvalue weighted by atomic mass is 15.2. The van der Waals surface area contributed by atoms with Crippen LogP contribution in [0.4, 0.5) is 34.1 Å². The fraction of sp³-hybridized carbons (Fsp3) is 0.0133. The van der Waals surface area contributed by atoms with E-state index in [1.54, 1.807) is 0 Å². The molecule has 0 aliphatic heterocycles. The van der Waals surface area contributed by atoms with Crippen molar-refractivity contribution in [1.29, 1.82) is 0 Å². The van der Waals surface area contributed by atoms with Crippen molar-refractivity contribution in [3.8, 4) is 22.3 Å². The van der Waals surface area contributed by atoms with Gasteiger partial charge in [0.1, 0.15) is 0 Å². The Balaban J connectivity index is 1.07. The molecule has 0 bridgehead atoms. The number of hydrogen-bond donors (Lipinski definition) is 0. The van der Waals surface area contributed by atoms with Gasteiger partial charge in [-0.2, -0.15) is 0 Å². The molecule has 77 heavy (non-hydrogen) atoms. The van der Waals surface area contributed by atoms with Crippen LogP contribution in [-0.2, 0) is 0 Å². The summed E-state index contributed by atoms with van der Waals surface area (Å²) in [5, 5.41) is 14.3. The lowest BCUT2D eigenvalue weighted by molar-refractivity contribution is 1.29. The molecule has 0 unspecified atom stereocenters. The smallest absolute Gasteiger partial charge is 0.0619 e. The van der Waals surface area contributed by atoms with Crippen LogP contribution in [0.5, 0.6) is 0 Å². The number of fused-ring (bicyclic) bond motifs is 6. The van der Waals surface area contributed by atoms with E-state index in [1.165, 1.54) is 76.5 Å². The topological polar surface area (TPSA) is 6.48 Å². The summed E-state index contributed by atoms with van der Waals surface area (Å²) in [4.78, 5) is 4.96. The second kappa shape index (κ2) is 19.4. The zero-order valence-electron chi connectivity index (χ0n) is 42.7. The van der Waals surface area contributed by atoms with Gasteiger partial charge in [-0.15, -0.1) is 0 Å². The monoisotopic (exact) mass is 980 g/mol. The Kier molecular flexibility index (Phi) is 11.5. The van der Waals surface area contributed by atoms with E-state index in [-0.39, 0.29) is 0 Å². The van der Waals surface area contributed by atoms with Gasteiger partial charge in [0.15, 0.2) is 0 Å². The molecule has 2 nitrogen and oxygen atoms in total. The molecule has 0 saturated carbocycles. The van der Waals surface area contributed by atoms with E-state index in [0.717, 1.165) is 61.2 Å². The van der Waals surface area contributed by atoms with Gasteiger partial charge in [0.25, 0.3) is 0 Å². The molecule has 0 heterocycles. The number of benzene rings is 14. The van der Waals surface area contributed by atoms with Gasteiger partial charge < -0.3 is 9.80 Å². The molecule has 2 heteroatoms. The normalized spacial score (nSPS) is 11.6. The first kappa shape index (κ1) is 45.6. The Morgan fingerprint density at radius 3 is 1.13 bits per heavy atom. The molecule has 0 N–H and O–H groups in total. The first-order valence-electron chi connectivity index (χ1n) is 26.6. The van der Waals surface area contributed by atoms with Gasteiger partial charge in [-0.3, -0.25) is 0 Å². The van der Waals surface area contributed by atoms with Crippen LogP contribution in [0.25, 0.3) is 99.0 Å². The van der Waals surface area contributed by atoms with E-state index in [2.05, 4.69) is 314 Å². The van der Waals surface area contributed by atoms with Crippen LogP contribution in [0.15, 0.2) is 285 Å². The first-order chi connectivity index (χ1) is 38.1.